The van der Waals surface area contributed by atoms with Gasteiger partial charge in [-0.3, -0.25) is 4.90 Å². The molecule has 22 heavy (non-hydrogen) atoms. The van der Waals surface area contributed by atoms with Gasteiger partial charge in [-0.05, 0) is 11.1 Å². The van der Waals surface area contributed by atoms with Gasteiger partial charge in [0.05, 0.1) is 5.54 Å². The molecule has 2 N–H and O–H groups in total. The van der Waals surface area contributed by atoms with Crippen LogP contribution in [0.2, 0.25) is 0 Å². The molecule has 0 radical (unpaired) electrons. The molecule has 3 saturated heterocycles. The lowest BCUT2D eigenvalue weighted by Gasteiger charge is -2.24. The van der Waals surface area contributed by atoms with E-state index in [4.69, 9.17) is 4.74 Å². The molecule has 3 aliphatic rings. The number of fused-ring (bicyclic) bond motifs is 1. The Kier molecular flexibility index (Phi) is 2.43. The van der Waals surface area contributed by atoms with Gasteiger partial charge in [0.15, 0.2) is 6.29 Å². The molecule has 4 nitrogen and oxygen atoms in total. The molecule has 112 valence electrons. The van der Waals surface area contributed by atoms with Crippen molar-refractivity contribution in [3.8, 4) is 0 Å². The van der Waals surface area contributed by atoms with Crippen LogP contribution in [0.25, 0.3) is 0 Å². The van der Waals surface area contributed by atoms with Crippen LogP contribution < -0.4 is 5.32 Å². The molecule has 0 bridgehead atoms. The van der Waals surface area contributed by atoms with Gasteiger partial charge in [-0.25, -0.2) is 0 Å². The van der Waals surface area contributed by atoms with E-state index in [1.807, 2.05) is 24.3 Å². The van der Waals surface area contributed by atoms with Crippen LogP contribution in [0.15, 0.2) is 60.7 Å². The molecule has 0 spiro atoms. The highest BCUT2D eigenvalue weighted by Gasteiger charge is 2.73. The summed E-state index contributed by atoms with van der Waals surface area (Å²) in [6, 6.07) is 20.6. The summed E-state index contributed by atoms with van der Waals surface area (Å²) in [5, 5.41) is 14.0. The summed E-state index contributed by atoms with van der Waals surface area (Å²) in [7, 11) is 0. The number of aliphatic hydroxyl groups is 1. The van der Waals surface area contributed by atoms with Crippen molar-refractivity contribution in [2.75, 3.05) is 13.1 Å². The molecule has 0 amide bonds. The number of nitrogens with zero attached hydrogens (tertiary/aromatic N) is 1. The second-order valence-corrected chi connectivity index (χ2v) is 6.45. The van der Waals surface area contributed by atoms with E-state index in [1.165, 1.54) is 5.56 Å². The molecule has 5 atom stereocenters. The van der Waals surface area contributed by atoms with E-state index in [0.717, 1.165) is 18.7 Å². The van der Waals surface area contributed by atoms with Crippen molar-refractivity contribution < 1.29 is 9.84 Å². The first-order valence-electron chi connectivity index (χ1n) is 7.74. The van der Waals surface area contributed by atoms with Crippen LogP contribution in [0.1, 0.15) is 11.1 Å². The van der Waals surface area contributed by atoms with E-state index in [9.17, 15) is 5.11 Å². The highest BCUT2D eigenvalue weighted by molar-refractivity contribution is 5.40. The van der Waals surface area contributed by atoms with Gasteiger partial charge in [-0.2, -0.15) is 0 Å². The van der Waals surface area contributed by atoms with E-state index in [2.05, 4.69) is 46.6 Å². The van der Waals surface area contributed by atoms with Crippen LogP contribution in [0.5, 0.6) is 0 Å². The molecule has 0 aliphatic carbocycles. The molecule has 3 heterocycles. The maximum Gasteiger partial charge on any atom is 0.180 e. The summed E-state index contributed by atoms with van der Waals surface area (Å²) in [4.78, 5) is 2.28. The number of rotatable bonds is 3. The highest BCUT2D eigenvalue weighted by Crippen LogP contribution is 2.58. The van der Waals surface area contributed by atoms with Gasteiger partial charge in [0.25, 0.3) is 0 Å². The largest absolute Gasteiger partial charge is 0.366 e. The molecular formula is C18H18N2O2. The van der Waals surface area contributed by atoms with Crippen molar-refractivity contribution in [2.24, 2.45) is 0 Å². The minimum atomic E-state index is -0.775. The standard InChI is InChI=1S/C18H18N2O2/c21-16-18(14-9-5-2-6-10-14)12-20(18)15(22-16)17(11-19-17)13-7-3-1-4-8-13/h1-10,15-16,19,21H,11-12H2/t15?,16?,17-,18-,20?/m1/s1. The van der Waals surface area contributed by atoms with Crippen molar-refractivity contribution in [3.63, 3.8) is 0 Å². The maximum atomic E-state index is 10.6. The van der Waals surface area contributed by atoms with Crippen molar-refractivity contribution in [1.29, 1.82) is 0 Å². The van der Waals surface area contributed by atoms with Crippen LogP contribution in [0.3, 0.4) is 0 Å². The number of hydrogen-bond donors (Lipinski definition) is 2. The van der Waals surface area contributed by atoms with Crippen LogP contribution >= 0.6 is 0 Å². The summed E-state index contributed by atoms with van der Waals surface area (Å²) in [6.07, 6.45) is -0.895. The Hall–Kier alpha value is -1.72. The SMILES string of the molecule is OC1OC([C@]2(c3ccccc3)CN2)N2C[C@@]12c1ccccc1. The van der Waals surface area contributed by atoms with E-state index in [-0.39, 0.29) is 17.3 Å². The lowest BCUT2D eigenvalue weighted by Crippen LogP contribution is -2.37. The monoisotopic (exact) mass is 294 g/mol. The fourth-order valence-corrected chi connectivity index (χ4v) is 3.91. The smallest absolute Gasteiger partial charge is 0.180 e. The van der Waals surface area contributed by atoms with E-state index < -0.39 is 6.29 Å². The first-order valence-corrected chi connectivity index (χ1v) is 7.74. The quantitative estimate of drug-likeness (QED) is 0.840. The van der Waals surface area contributed by atoms with E-state index >= 15 is 0 Å². The summed E-state index contributed by atoms with van der Waals surface area (Å²) in [6.45, 7) is 1.73. The van der Waals surface area contributed by atoms with Gasteiger partial charge in [-0.15, -0.1) is 0 Å². The fourth-order valence-electron chi connectivity index (χ4n) is 3.91. The molecular weight excluding hydrogens is 276 g/mol. The third-order valence-corrected chi connectivity index (χ3v) is 5.31. The first-order chi connectivity index (χ1) is 10.8. The van der Waals surface area contributed by atoms with E-state index in [1.54, 1.807) is 0 Å². The predicted molar refractivity (Wildman–Crippen MR) is 81.8 cm³/mol. The molecule has 5 rings (SSSR count). The van der Waals surface area contributed by atoms with Gasteiger partial charge in [0.1, 0.15) is 11.8 Å². The van der Waals surface area contributed by atoms with Crippen molar-refractivity contribution in [1.82, 2.24) is 10.2 Å². The maximum absolute atomic E-state index is 10.6. The minimum Gasteiger partial charge on any atom is -0.366 e. The predicted octanol–water partition coefficient (Wildman–Crippen LogP) is 1.37. The molecule has 0 aromatic heterocycles. The average Bonchev–Trinajstić information content (AvgIpc) is 3.49. The van der Waals surface area contributed by atoms with Gasteiger partial charge in [0.2, 0.25) is 0 Å². The number of benzene rings is 2. The number of aliphatic hydroxyl groups excluding tert-OH is 1. The summed E-state index contributed by atoms with van der Waals surface area (Å²) >= 11 is 0. The Morgan fingerprint density at radius 3 is 2.14 bits per heavy atom. The zero-order valence-electron chi connectivity index (χ0n) is 12.1. The number of nitrogens with one attached hydrogen (secondary N) is 1. The molecule has 2 aromatic carbocycles. The van der Waals surface area contributed by atoms with Crippen molar-refractivity contribution in [3.05, 3.63) is 71.8 Å². The van der Waals surface area contributed by atoms with Gasteiger partial charge in [0, 0.05) is 13.1 Å². The number of ether oxygens (including phenoxy) is 1. The van der Waals surface area contributed by atoms with Crippen LogP contribution in [-0.4, -0.2) is 35.6 Å². The van der Waals surface area contributed by atoms with Gasteiger partial charge >= 0.3 is 0 Å². The zero-order chi connectivity index (χ0) is 14.8. The Bertz CT molecular complexity index is 702. The topological polar surface area (TPSA) is 54.4 Å². The normalized spacial score (nSPS) is 42.0. The second kappa shape index (κ2) is 4.18. The molecule has 3 aliphatic heterocycles. The molecule has 2 aromatic rings. The molecule has 3 fully saturated rings. The zero-order valence-corrected chi connectivity index (χ0v) is 12.1. The third kappa shape index (κ3) is 1.50. The van der Waals surface area contributed by atoms with Crippen LogP contribution in [0.4, 0.5) is 0 Å². The molecule has 3 unspecified atom stereocenters. The average molecular weight is 294 g/mol. The lowest BCUT2D eigenvalue weighted by atomic mass is 9.97. The third-order valence-electron chi connectivity index (χ3n) is 5.31. The fraction of sp³-hybridized carbons (Fsp3) is 0.333. The molecule has 0 saturated carbocycles. The van der Waals surface area contributed by atoms with Crippen LogP contribution in [-0.2, 0) is 15.8 Å². The Balaban J connectivity index is 1.51. The Morgan fingerprint density at radius 2 is 1.59 bits per heavy atom. The second-order valence-electron chi connectivity index (χ2n) is 6.45. The summed E-state index contributed by atoms with van der Waals surface area (Å²) in [5.74, 6) is 0. The number of hydrogen-bond acceptors (Lipinski definition) is 4. The lowest BCUT2D eigenvalue weighted by molar-refractivity contribution is -0.134. The van der Waals surface area contributed by atoms with E-state index in [0.29, 0.717) is 0 Å². The Labute approximate surface area is 129 Å². The molecule has 4 heteroatoms. The highest BCUT2D eigenvalue weighted by atomic mass is 16.6. The van der Waals surface area contributed by atoms with Crippen molar-refractivity contribution in [2.45, 2.75) is 23.6 Å². The Morgan fingerprint density at radius 1 is 1.00 bits per heavy atom. The van der Waals surface area contributed by atoms with Crippen molar-refractivity contribution >= 4 is 0 Å². The first kappa shape index (κ1) is 12.8. The minimum absolute atomic E-state index is 0.120. The van der Waals surface area contributed by atoms with Crippen LogP contribution in [0, 0.1) is 0 Å². The summed E-state index contributed by atoms with van der Waals surface area (Å²) < 4.78 is 5.98. The summed E-state index contributed by atoms with van der Waals surface area (Å²) in [5.41, 5.74) is 1.81. The van der Waals surface area contributed by atoms with Gasteiger partial charge < -0.3 is 15.2 Å². The van der Waals surface area contributed by atoms with Gasteiger partial charge in [-0.1, -0.05) is 60.7 Å².